The van der Waals surface area contributed by atoms with E-state index in [2.05, 4.69) is 5.32 Å². The average Bonchev–Trinajstić information content (AvgIpc) is 2.99. The second kappa shape index (κ2) is 8.14. The fraction of sp³-hybridized carbons (Fsp3) is 0.667. The fourth-order valence-corrected chi connectivity index (χ4v) is 5.57. The van der Waals surface area contributed by atoms with Crippen molar-refractivity contribution in [3.8, 4) is 0 Å². The Hall–Kier alpha value is -0.670. The molecule has 0 spiro atoms. The third-order valence-corrected chi connectivity index (χ3v) is 7.62. The smallest absolute Gasteiger partial charge is 0.252 e. The maximum absolute atomic E-state index is 12.6. The zero-order valence-electron chi connectivity index (χ0n) is 14.2. The van der Waals surface area contributed by atoms with Gasteiger partial charge in [0, 0.05) is 32.7 Å². The number of piperazine rings is 1. The van der Waals surface area contributed by atoms with Crippen molar-refractivity contribution >= 4 is 38.9 Å². The van der Waals surface area contributed by atoms with Crippen molar-refractivity contribution in [1.29, 1.82) is 0 Å². The Balaban J connectivity index is 1.92. The van der Waals surface area contributed by atoms with Crippen LogP contribution >= 0.6 is 22.9 Å². The molecule has 0 saturated carbocycles. The summed E-state index contributed by atoms with van der Waals surface area (Å²) in [6.45, 7) is 8.43. The molecule has 1 atom stereocenters. The first-order valence-corrected chi connectivity index (χ1v) is 10.6. The Kier molecular flexibility index (Phi) is 6.66. The number of rotatable bonds is 6. The van der Waals surface area contributed by atoms with Gasteiger partial charge in [0.2, 0.25) is 5.91 Å². The lowest BCUT2D eigenvalue weighted by Gasteiger charge is -2.36. The predicted octanol–water partition coefficient (Wildman–Crippen LogP) is 1.87. The number of carbonyl (C=O) groups is 1. The average molecular weight is 394 g/mol. The van der Waals surface area contributed by atoms with Gasteiger partial charge in [0.15, 0.2) is 0 Å². The quantitative estimate of drug-likeness (QED) is 0.801. The van der Waals surface area contributed by atoms with Gasteiger partial charge in [-0.05, 0) is 25.0 Å². The van der Waals surface area contributed by atoms with Gasteiger partial charge in [-0.2, -0.15) is 4.31 Å². The molecule has 0 unspecified atom stereocenters. The number of halogens is 1. The molecule has 0 aliphatic carbocycles. The van der Waals surface area contributed by atoms with Crippen molar-refractivity contribution in [2.75, 3.05) is 32.7 Å². The molecule has 1 aromatic rings. The minimum absolute atomic E-state index is 0.00922. The summed E-state index contributed by atoms with van der Waals surface area (Å²) in [5.41, 5.74) is 0. The van der Waals surface area contributed by atoms with Gasteiger partial charge in [-0.3, -0.25) is 9.69 Å². The molecule has 1 amide bonds. The van der Waals surface area contributed by atoms with E-state index in [9.17, 15) is 13.2 Å². The summed E-state index contributed by atoms with van der Waals surface area (Å²) in [5.74, 6) is 0.394. The van der Waals surface area contributed by atoms with Crippen LogP contribution in [0.5, 0.6) is 0 Å². The van der Waals surface area contributed by atoms with Crippen LogP contribution in [0.4, 0.5) is 0 Å². The Morgan fingerprint density at radius 1 is 1.25 bits per heavy atom. The summed E-state index contributed by atoms with van der Waals surface area (Å²) in [7, 11) is -3.49. The third kappa shape index (κ3) is 4.70. The fourth-order valence-electron chi connectivity index (χ4n) is 2.51. The summed E-state index contributed by atoms with van der Waals surface area (Å²) in [6.07, 6.45) is 0. The molecule has 1 N–H and O–H groups in total. The molecule has 1 saturated heterocycles. The standard InChI is InChI=1S/C15H24ClN3O3S2/c1-11(2)10-17-15(20)12(3)18-6-8-19(9-7-18)24(21,22)14-5-4-13(16)23-14/h4-5,11-12H,6-10H2,1-3H3,(H,17,20)/t12-/m1/s1. The molecule has 2 rings (SSSR count). The number of hydrogen-bond donors (Lipinski definition) is 1. The Morgan fingerprint density at radius 3 is 2.38 bits per heavy atom. The number of hydrogen-bond acceptors (Lipinski definition) is 5. The number of carbonyl (C=O) groups excluding carboxylic acids is 1. The number of thiophene rings is 1. The first-order chi connectivity index (χ1) is 11.2. The molecule has 2 heterocycles. The molecule has 1 aliphatic rings. The van der Waals surface area contributed by atoms with Crippen LogP contribution < -0.4 is 5.32 Å². The minimum atomic E-state index is -3.49. The normalized spacial score (nSPS) is 18.7. The van der Waals surface area contributed by atoms with Gasteiger partial charge in [-0.15, -0.1) is 11.3 Å². The van der Waals surface area contributed by atoms with E-state index < -0.39 is 10.0 Å². The second-order valence-electron chi connectivity index (χ2n) is 6.31. The van der Waals surface area contributed by atoms with E-state index >= 15 is 0 Å². The zero-order valence-corrected chi connectivity index (χ0v) is 16.5. The molecule has 9 heteroatoms. The predicted molar refractivity (Wildman–Crippen MR) is 97.0 cm³/mol. The van der Waals surface area contributed by atoms with Crippen molar-refractivity contribution in [3.63, 3.8) is 0 Å². The molecule has 1 aliphatic heterocycles. The summed E-state index contributed by atoms with van der Waals surface area (Å²) in [4.78, 5) is 14.2. The monoisotopic (exact) mass is 393 g/mol. The molecule has 136 valence electrons. The van der Waals surface area contributed by atoms with Gasteiger partial charge in [0.1, 0.15) is 4.21 Å². The van der Waals surface area contributed by atoms with Gasteiger partial charge < -0.3 is 5.32 Å². The zero-order chi connectivity index (χ0) is 17.9. The summed E-state index contributed by atoms with van der Waals surface area (Å²) >= 11 is 6.91. The van der Waals surface area contributed by atoms with E-state index in [1.807, 2.05) is 25.7 Å². The van der Waals surface area contributed by atoms with Crippen molar-refractivity contribution < 1.29 is 13.2 Å². The van der Waals surface area contributed by atoms with Crippen LogP contribution in [0.3, 0.4) is 0 Å². The van der Waals surface area contributed by atoms with Crippen LogP contribution in [0.15, 0.2) is 16.3 Å². The van der Waals surface area contributed by atoms with Crippen molar-refractivity contribution in [1.82, 2.24) is 14.5 Å². The highest BCUT2D eigenvalue weighted by atomic mass is 35.5. The van der Waals surface area contributed by atoms with Gasteiger partial charge in [-0.1, -0.05) is 25.4 Å². The van der Waals surface area contributed by atoms with E-state index in [-0.39, 0.29) is 16.2 Å². The first-order valence-electron chi connectivity index (χ1n) is 7.99. The van der Waals surface area contributed by atoms with Crippen LogP contribution in [0.25, 0.3) is 0 Å². The molecular weight excluding hydrogens is 370 g/mol. The van der Waals surface area contributed by atoms with Crippen molar-refractivity contribution in [2.45, 2.75) is 31.0 Å². The van der Waals surface area contributed by atoms with E-state index in [0.717, 1.165) is 11.3 Å². The Bertz CT molecular complexity index is 667. The largest absolute Gasteiger partial charge is 0.354 e. The maximum atomic E-state index is 12.6. The van der Waals surface area contributed by atoms with Gasteiger partial charge in [0.05, 0.1) is 10.4 Å². The van der Waals surface area contributed by atoms with E-state index in [1.54, 1.807) is 6.07 Å². The van der Waals surface area contributed by atoms with Crippen LogP contribution in [-0.2, 0) is 14.8 Å². The number of nitrogens with one attached hydrogen (secondary N) is 1. The Morgan fingerprint density at radius 2 is 1.88 bits per heavy atom. The Labute approximate surface area is 152 Å². The van der Waals surface area contributed by atoms with Crippen LogP contribution in [0, 0.1) is 5.92 Å². The lowest BCUT2D eigenvalue weighted by molar-refractivity contribution is -0.126. The molecule has 24 heavy (non-hydrogen) atoms. The second-order valence-corrected chi connectivity index (χ2v) is 10.2. The number of amides is 1. The lowest BCUT2D eigenvalue weighted by Crippen LogP contribution is -2.55. The van der Waals surface area contributed by atoms with E-state index in [0.29, 0.717) is 43.0 Å². The molecule has 1 fully saturated rings. The van der Waals surface area contributed by atoms with Crippen LogP contribution in [0.2, 0.25) is 4.34 Å². The van der Waals surface area contributed by atoms with Gasteiger partial charge in [-0.25, -0.2) is 8.42 Å². The summed E-state index contributed by atoms with van der Waals surface area (Å²) < 4.78 is 27.3. The molecule has 0 bridgehead atoms. The van der Waals surface area contributed by atoms with Gasteiger partial charge in [0.25, 0.3) is 10.0 Å². The SMILES string of the molecule is CC(C)CNC(=O)[C@@H](C)N1CCN(S(=O)(=O)c2ccc(Cl)s2)CC1. The highest BCUT2D eigenvalue weighted by Gasteiger charge is 2.32. The molecular formula is C15H24ClN3O3S2. The van der Waals surface area contributed by atoms with E-state index in [1.165, 1.54) is 10.4 Å². The van der Waals surface area contributed by atoms with Crippen LogP contribution in [-0.4, -0.2) is 62.3 Å². The highest BCUT2D eigenvalue weighted by Crippen LogP contribution is 2.28. The summed E-state index contributed by atoms with van der Waals surface area (Å²) in [5, 5.41) is 2.92. The lowest BCUT2D eigenvalue weighted by atomic mass is 10.2. The maximum Gasteiger partial charge on any atom is 0.252 e. The number of nitrogens with zero attached hydrogens (tertiary/aromatic N) is 2. The van der Waals surface area contributed by atoms with Crippen LogP contribution in [0.1, 0.15) is 20.8 Å². The first kappa shape index (κ1) is 19.7. The topological polar surface area (TPSA) is 69.7 Å². The highest BCUT2D eigenvalue weighted by molar-refractivity contribution is 7.91. The molecule has 0 aromatic carbocycles. The molecule has 1 aromatic heterocycles. The van der Waals surface area contributed by atoms with E-state index in [4.69, 9.17) is 11.6 Å². The van der Waals surface area contributed by atoms with Crippen molar-refractivity contribution in [2.24, 2.45) is 5.92 Å². The van der Waals surface area contributed by atoms with Crippen molar-refractivity contribution in [3.05, 3.63) is 16.5 Å². The van der Waals surface area contributed by atoms with Gasteiger partial charge >= 0.3 is 0 Å². The summed E-state index contributed by atoms with van der Waals surface area (Å²) in [6, 6.07) is 2.87. The number of sulfonamides is 1. The molecule has 6 nitrogen and oxygen atoms in total. The minimum Gasteiger partial charge on any atom is -0.354 e. The third-order valence-electron chi connectivity index (χ3n) is 4.03. The molecule has 0 radical (unpaired) electrons.